The monoisotopic (exact) mass is 269 g/mol. The molecule has 0 amide bonds. The fraction of sp³-hybridized carbons (Fsp3) is 0.500. The number of hydrogen-bond donors (Lipinski definition) is 4. The average Bonchev–Trinajstić information content (AvgIpc) is 2.94. The fourth-order valence-electron chi connectivity index (χ4n) is 2.16. The van der Waals surface area contributed by atoms with Crippen molar-refractivity contribution >= 4 is 11.2 Å². The highest BCUT2D eigenvalue weighted by Crippen LogP contribution is 2.30. The van der Waals surface area contributed by atoms with E-state index in [9.17, 15) is 15.0 Å². The molecule has 1 fully saturated rings. The average molecular weight is 269 g/mol. The van der Waals surface area contributed by atoms with Gasteiger partial charge in [0.2, 0.25) is 0 Å². The van der Waals surface area contributed by atoms with E-state index in [0.29, 0.717) is 0 Å². The topological polar surface area (TPSA) is 133 Å². The van der Waals surface area contributed by atoms with Crippen molar-refractivity contribution in [1.82, 2.24) is 19.5 Å². The molecule has 3 heterocycles. The van der Waals surface area contributed by atoms with E-state index in [4.69, 9.17) is 9.84 Å². The first kappa shape index (κ1) is 12.2. The van der Waals surface area contributed by atoms with Gasteiger partial charge in [-0.25, -0.2) is 9.97 Å². The summed E-state index contributed by atoms with van der Waals surface area (Å²) in [4.78, 5) is 21.8. The highest BCUT2D eigenvalue weighted by Gasteiger charge is 2.43. The van der Waals surface area contributed by atoms with Crippen molar-refractivity contribution in [3.8, 4) is 0 Å². The van der Waals surface area contributed by atoms with Crippen LogP contribution in [0.4, 0.5) is 0 Å². The van der Waals surface area contributed by atoms with E-state index >= 15 is 0 Å². The van der Waals surface area contributed by atoms with Gasteiger partial charge in [-0.15, -0.1) is 0 Å². The van der Waals surface area contributed by atoms with Crippen LogP contribution in [0.5, 0.6) is 0 Å². The number of imidazole rings is 1. The minimum absolute atomic E-state index is 0.111. The second kappa shape index (κ2) is 4.38. The van der Waals surface area contributed by atoms with Crippen molar-refractivity contribution in [2.45, 2.75) is 24.5 Å². The number of aliphatic hydroxyl groups is 3. The van der Waals surface area contributed by atoms with E-state index in [1.165, 1.54) is 17.2 Å². The maximum absolute atomic E-state index is 11.5. The fourth-order valence-corrected chi connectivity index (χ4v) is 2.16. The molecular formula is C10H12N4O5. The molecule has 102 valence electrons. The van der Waals surface area contributed by atoms with E-state index in [0.717, 1.165) is 0 Å². The van der Waals surface area contributed by atoms with Crippen LogP contribution >= 0.6 is 0 Å². The summed E-state index contributed by atoms with van der Waals surface area (Å²) in [7, 11) is 0. The highest BCUT2D eigenvalue weighted by molar-refractivity contribution is 5.68. The largest absolute Gasteiger partial charge is 0.394 e. The Balaban J connectivity index is 2.06. The lowest BCUT2D eigenvalue weighted by molar-refractivity contribution is -0.0511. The number of aliphatic hydroxyl groups excluding tert-OH is 3. The van der Waals surface area contributed by atoms with Crippen LogP contribution in [0, 0.1) is 0 Å². The summed E-state index contributed by atoms with van der Waals surface area (Å²) >= 11 is 0. The quantitative estimate of drug-likeness (QED) is 0.483. The Labute approximate surface area is 106 Å². The number of fused-ring (bicyclic) bond motifs is 1. The number of hydrogen-bond acceptors (Lipinski definition) is 7. The van der Waals surface area contributed by atoms with Gasteiger partial charge in [-0.2, -0.15) is 0 Å². The predicted octanol–water partition coefficient (Wildman–Crippen LogP) is -2.27. The van der Waals surface area contributed by atoms with Crippen molar-refractivity contribution in [2.75, 3.05) is 6.61 Å². The molecule has 0 unspecified atom stereocenters. The lowest BCUT2D eigenvalue weighted by Crippen LogP contribution is -2.33. The van der Waals surface area contributed by atoms with Gasteiger partial charge in [0.15, 0.2) is 17.4 Å². The highest BCUT2D eigenvalue weighted by atomic mass is 16.6. The van der Waals surface area contributed by atoms with Gasteiger partial charge in [0, 0.05) is 0 Å². The van der Waals surface area contributed by atoms with E-state index in [1.54, 1.807) is 0 Å². The van der Waals surface area contributed by atoms with E-state index in [1.807, 2.05) is 0 Å². The van der Waals surface area contributed by atoms with Gasteiger partial charge >= 0.3 is 0 Å². The molecule has 1 saturated heterocycles. The molecule has 9 heteroatoms. The summed E-state index contributed by atoms with van der Waals surface area (Å²) in [5.41, 5.74) is -0.0608. The summed E-state index contributed by atoms with van der Waals surface area (Å²) in [6, 6.07) is 0. The van der Waals surface area contributed by atoms with Gasteiger partial charge in [-0.3, -0.25) is 9.36 Å². The van der Waals surface area contributed by atoms with Crippen LogP contribution in [0.3, 0.4) is 0 Å². The summed E-state index contributed by atoms with van der Waals surface area (Å²) in [5, 5.41) is 28.6. The molecule has 4 atom stereocenters. The zero-order chi connectivity index (χ0) is 13.6. The van der Waals surface area contributed by atoms with Crippen LogP contribution in [-0.4, -0.2) is 59.8 Å². The number of ether oxygens (including phenoxy) is 1. The third-order valence-corrected chi connectivity index (χ3v) is 3.16. The summed E-state index contributed by atoms with van der Waals surface area (Å²) in [5.74, 6) is 0. The molecule has 4 N–H and O–H groups in total. The Morgan fingerprint density at radius 1 is 1.37 bits per heavy atom. The first-order chi connectivity index (χ1) is 9.13. The second-order valence-electron chi connectivity index (χ2n) is 4.28. The molecule has 1 aliphatic heterocycles. The Kier molecular flexibility index (Phi) is 2.82. The molecule has 0 spiro atoms. The van der Waals surface area contributed by atoms with E-state index < -0.39 is 36.7 Å². The Bertz CT molecular complexity index is 653. The van der Waals surface area contributed by atoms with Gasteiger partial charge in [-0.05, 0) is 0 Å². The summed E-state index contributed by atoms with van der Waals surface area (Å²) in [6.07, 6.45) is -1.78. The minimum Gasteiger partial charge on any atom is -0.394 e. The summed E-state index contributed by atoms with van der Waals surface area (Å²) < 4.78 is 6.70. The molecule has 0 aromatic carbocycles. The van der Waals surface area contributed by atoms with Crippen LogP contribution in [0.1, 0.15) is 6.23 Å². The lowest BCUT2D eigenvalue weighted by atomic mass is 10.1. The SMILES string of the molecule is O=c1[nH][13cH]nc2c1ncn2[C@@H]1O[C@H](CO)[C@@H](O)[C@H]1O. The zero-order valence-corrected chi connectivity index (χ0v) is 9.67. The first-order valence-electron chi connectivity index (χ1n) is 5.66. The van der Waals surface area contributed by atoms with Gasteiger partial charge in [0.05, 0.1) is 19.3 Å². The number of rotatable bonds is 2. The van der Waals surface area contributed by atoms with Crippen molar-refractivity contribution in [1.29, 1.82) is 0 Å². The third kappa shape index (κ3) is 1.75. The van der Waals surface area contributed by atoms with Gasteiger partial charge in [0.1, 0.15) is 18.3 Å². The van der Waals surface area contributed by atoms with Crippen molar-refractivity contribution < 1.29 is 20.1 Å². The molecule has 9 nitrogen and oxygen atoms in total. The first-order valence-corrected chi connectivity index (χ1v) is 5.66. The van der Waals surface area contributed by atoms with Crippen LogP contribution in [0.2, 0.25) is 0 Å². The molecule has 1 aliphatic rings. The van der Waals surface area contributed by atoms with Crippen LogP contribution < -0.4 is 5.56 Å². The van der Waals surface area contributed by atoms with Crippen molar-refractivity contribution in [2.24, 2.45) is 0 Å². The van der Waals surface area contributed by atoms with Gasteiger partial charge in [-0.1, -0.05) is 0 Å². The van der Waals surface area contributed by atoms with Crippen molar-refractivity contribution in [3.63, 3.8) is 0 Å². The molecule has 3 rings (SSSR count). The predicted molar refractivity (Wildman–Crippen MR) is 61.2 cm³/mol. The maximum Gasteiger partial charge on any atom is 0.278 e. The second-order valence-corrected chi connectivity index (χ2v) is 4.28. The Morgan fingerprint density at radius 3 is 2.84 bits per heavy atom. The molecule has 0 saturated carbocycles. The van der Waals surface area contributed by atoms with Crippen molar-refractivity contribution in [3.05, 3.63) is 23.0 Å². The molecule has 19 heavy (non-hydrogen) atoms. The molecule has 0 aliphatic carbocycles. The third-order valence-electron chi connectivity index (χ3n) is 3.16. The Morgan fingerprint density at radius 2 is 2.16 bits per heavy atom. The molecule has 2 aromatic heterocycles. The normalized spacial score (nSPS) is 31.1. The smallest absolute Gasteiger partial charge is 0.278 e. The number of H-pyrrole nitrogens is 1. The number of nitrogens with one attached hydrogen (secondary N) is 1. The standard InChI is InChI=1S/C10H12N4O5/c15-1-4-6(16)7(17)10(19-4)14-3-13-5-8(14)11-2-12-9(5)18/h2-4,6-7,10,15-17H,1H2,(H,11,12,18)/t4-,6-,7-,10-/m1/s1/i2+1. The molecular weight excluding hydrogens is 257 g/mol. The van der Waals surface area contributed by atoms with Crippen LogP contribution in [0.15, 0.2) is 17.4 Å². The van der Waals surface area contributed by atoms with E-state index in [2.05, 4.69) is 15.0 Å². The molecule has 2 aromatic rings. The number of aromatic nitrogens is 4. The number of aromatic amines is 1. The molecule has 0 bridgehead atoms. The lowest BCUT2D eigenvalue weighted by Gasteiger charge is -2.16. The van der Waals surface area contributed by atoms with Crippen LogP contribution in [-0.2, 0) is 4.74 Å². The van der Waals surface area contributed by atoms with Gasteiger partial charge in [0.25, 0.3) is 5.56 Å². The summed E-state index contributed by atoms with van der Waals surface area (Å²) in [6.45, 7) is -0.421. The van der Waals surface area contributed by atoms with E-state index in [-0.39, 0.29) is 11.2 Å². The Hall–Kier alpha value is -1.81. The minimum atomic E-state index is -1.24. The van der Waals surface area contributed by atoms with Gasteiger partial charge < -0.3 is 25.0 Å². The molecule has 0 radical (unpaired) electrons. The maximum atomic E-state index is 11.5. The number of nitrogens with zero attached hydrogens (tertiary/aromatic N) is 3. The van der Waals surface area contributed by atoms with Crippen LogP contribution in [0.25, 0.3) is 11.2 Å². The zero-order valence-electron chi connectivity index (χ0n) is 9.67.